The van der Waals surface area contributed by atoms with Crippen molar-refractivity contribution in [2.24, 2.45) is 0 Å². The van der Waals surface area contributed by atoms with Gasteiger partial charge in [0.2, 0.25) is 15.9 Å². The Hall–Kier alpha value is -1.31. The molecule has 0 aromatic heterocycles. The van der Waals surface area contributed by atoms with E-state index in [0.29, 0.717) is 35.8 Å². The van der Waals surface area contributed by atoms with E-state index in [1.165, 1.54) is 11.4 Å². The second kappa shape index (κ2) is 8.18. The molecular weight excluding hydrogens is 352 g/mol. The first kappa shape index (κ1) is 19.0. The number of rotatable bonds is 7. The van der Waals surface area contributed by atoms with Crippen LogP contribution in [0.5, 0.6) is 5.75 Å². The number of anilines is 1. The highest BCUT2D eigenvalue weighted by atomic mass is 35.5. The molecule has 1 fully saturated rings. The molecule has 0 aliphatic carbocycles. The zero-order chi connectivity index (χ0) is 17.7. The maximum absolute atomic E-state index is 12.7. The van der Waals surface area contributed by atoms with Crippen molar-refractivity contribution in [3.8, 4) is 5.75 Å². The number of amides is 1. The summed E-state index contributed by atoms with van der Waals surface area (Å²) in [5.74, 6) is 0.240. The lowest BCUT2D eigenvalue weighted by molar-refractivity contribution is -0.119. The Bertz CT molecular complexity index is 693. The average Bonchev–Trinajstić information content (AvgIpc) is 2.89. The first-order chi connectivity index (χ1) is 11.4. The number of carbonyl (C=O) groups is 1. The van der Waals surface area contributed by atoms with Crippen LogP contribution < -0.4 is 10.1 Å². The van der Waals surface area contributed by atoms with Gasteiger partial charge in [-0.25, -0.2) is 8.42 Å². The number of unbranched alkanes of at least 4 members (excludes halogenated alkanes) is 1. The number of ether oxygens (including phenoxy) is 1. The summed E-state index contributed by atoms with van der Waals surface area (Å²) in [6.07, 6.45) is 2.75. The SMILES string of the molecule is CCCC[C@@H](C(=O)Nc1ccc(Cl)c(OC)c1)N1CCCS1(=O)=O. The summed E-state index contributed by atoms with van der Waals surface area (Å²) in [5, 5.41) is 3.23. The van der Waals surface area contributed by atoms with E-state index in [-0.39, 0.29) is 11.7 Å². The Labute approximate surface area is 148 Å². The third-order valence-corrected chi connectivity index (χ3v) is 6.31. The Morgan fingerprint density at radius 2 is 2.21 bits per heavy atom. The van der Waals surface area contributed by atoms with E-state index >= 15 is 0 Å². The quantitative estimate of drug-likeness (QED) is 0.796. The van der Waals surface area contributed by atoms with Gasteiger partial charge < -0.3 is 10.1 Å². The van der Waals surface area contributed by atoms with Gasteiger partial charge in [0.05, 0.1) is 17.9 Å². The van der Waals surface area contributed by atoms with Crippen molar-refractivity contribution in [1.82, 2.24) is 4.31 Å². The third-order valence-electron chi connectivity index (χ3n) is 4.04. The fourth-order valence-corrected chi connectivity index (χ4v) is 4.69. The van der Waals surface area contributed by atoms with Crippen molar-refractivity contribution in [3.63, 3.8) is 0 Å². The summed E-state index contributed by atoms with van der Waals surface area (Å²) in [7, 11) is -1.85. The molecule has 1 aromatic carbocycles. The molecule has 6 nitrogen and oxygen atoms in total. The summed E-state index contributed by atoms with van der Waals surface area (Å²) < 4.78 is 30.8. The Kier molecular flexibility index (Phi) is 6.48. The highest BCUT2D eigenvalue weighted by Crippen LogP contribution is 2.28. The third kappa shape index (κ3) is 4.40. The average molecular weight is 375 g/mol. The lowest BCUT2D eigenvalue weighted by Crippen LogP contribution is -2.44. The summed E-state index contributed by atoms with van der Waals surface area (Å²) in [6, 6.07) is 4.23. The number of methoxy groups -OCH3 is 1. The molecular formula is C16H23ClN2O4S. The summed E-state index contributed by atoms with van der Waals surface area (Å²) in [6.45, 7) is 2.41. The van der Waals surface area contributed by atoms with E-state index in [1.807, 2.05) is 6.92 Å². The van der Waals surface area contributed by atoms with Gasteiger partial charge in [0.1, 0.15) is 11.8 Å². The molecule has 1 aliphatic heterocycles. The van der Waals surface area contributed by atoms with Gasteiger partial charge in [-0.2, -0.15) is 4.31 Å². The van der Waals surface area contributed by atoms with E-state index in [9.17, 15) is 13.2 Å². The van der Waals surface area contributed by atoms with Crippen molar-refractivity contribution < 1.29 is 17.9 Å². The maximum atomic E-state index is 12.7. The summed E-state index contributed by atoms with van der Waals surface area (Å²) in [4.78, 5) is 12.7. The normalized spacial score (nSPS) is 18.3. The van der Waals surface area contributed by atoms with E-state index < -0.39 is 16.1 Å². The van der Waals surface area contributed by atoms with Gasteiger partial charge in [0, 0.05) is 18.3 Å². The summed E-state index contributed by atoms with van der Waals surface area (Å²) in [5.41, 5.74) is 0.527. The molecule has 1 atom stereocenters. The number of hydrogen-bond acceptors (Lipinski definition) is 4. The van der Waals surface area contributed by atoms with Gasteiger partial charge in [0.15, 0.2) is 0 Å². The summed E-state index contributed by atoms with van der Waals surface area (Å²) >= 11 is 5.98. The van der Waals surface area contributed by atoms with Crippen molar-refractivity contribution >= 4 is 33.2 Å². The number of hydrogen-bond donors (Lipinski definition) is 1. The largest absolute Gasteiger partial charge is 0.495 e. The molecule has 24 heavy (non-hydrogen) atoms. The molecule has 0 bridgehead atoms. The molecule has 134 valence electrons. The van der Waals surface area contributed by atoms with Gasteiger partial charge in [0.25, 0.3) is 0 Å². The number of nitrogens with one attached hydrogen (secondary N) is 1. The Balaban J connectivity index is 2.18. The van der Waals surface area contributed by atoms with Gasteiger partial charge in [-0.05, 0) is 25.0 Å². The fraction of sp³-hybridized carbons (Fsp3) is 0.562. The van der Waals surface area contributed by atoms with E-state index in [0.717, 1.165) is 12.8 Å². The fourth-order valence-electron chi connectivity index (χ4n) is 2.78. The smallest absolute Gasteiger partial charge is 0.242 e. The van der Waals surface area contributed by atoms with Crippen LogP contribution in [0.1, 0.15) is 32.6 Å². The lowest BCUT2D eigenvalue weighted by atomic mass is 10.1. The predicted octanol–water partition coefficient (Wildman–Crippen LogP) is 2.88. The molecule has 0 spiro atoms. The number of sulfonamides is 1. The van der Waals surface area contributed by atoms with Gasteiger partial charge in [-0.3, -0.25) is 4.79 Å². The number of halogens is 1. The molecule has 0 radical (unpaired) electrons. The van der Waals surface area contributed by atoms with Crippen molar-refractivity contribution in [2.45, 2.75) is 38.6 Å². The van der Waals surface area contributed by atoms with E-state index in [1.54, 1.807) is 18.2 Å². The highest BCUT2D eigenvalue weighted by molar-refractivity contribution is 7.89. The second-order valence-corrected chi connectivity index (χ2v) is 8.23. The van der Waals surface area contributed by atoms with Crippen LogP contribution in [-0.4, -0.2) is 44.1 Å². The minimum Gasteiger partial charge on any atom is -0.495 e. The first-order valence-electron chi connectivity index (χ1n) is 8.03. The van der Waals surface area contributed by atoms with Crippen LogP contribution in [0.15, 0.2) is 18.2 Å². The molecule has 0 saturated carbocycles. The molecule has 8 heteroatoms. The van der Waals surface area contributed by atoms with Crippen LogP contribution in [0.2, 0.25) is 5.02 Å². The Morgan fingerprint density at radius 1 is 1.46 bits per heavy atom. The molecule has 1 aromatic rings. The maximum Gasteiger partial charge on any atom is 0.242 e. The van der Waals surface area contributed by atoms with E-state index in [4.69, 9.17) is 16.3 Å². The van der Waals surface area contributed by atoms with Crippen LogP contribution in [0.25, 0.3) is 0 Å². The topological polar surface area (TPSA) is 75.7 Å². The van der Waals surface area contributed by atoms with Crippen LogP contribution in [0.4, 0.5) is 5.69 Å². The molecule has 1 heterocycles. The molecule has 0 unspecified atom stereocenters. The van der Waals surface area contributed by atoms with Crippen LogP contribution in [-0.2, 0) is 14.8 Å². The highest BCUT2D eigenvalue weighted by Gasteiger charge is 2.37. The van der Waals surface area contributed by atoms with Crippen molar-refractivity contribution in [1.29, 1.82) is 0 Å². The number of benzene rings is 1. The minimum absolute atomic E-state index is 0.109. The van der Waals surface area contributed by atoms with Crippen LogP contribution in [0.3, 0.4) is 0 Å². The van der Waals surface area contributed by atoms with Gasteiger partial charge >= 0.3 is 0 Å². The predicted molar refractivity (Wildman–Crippen MR) is 95.1 cm³/mol. The lowest BCUT2D eigenvalue weighted by Gasteiger charge is -2.25. The van der Waals surface area contributed by atoms with Crippen molar-refractivity contribution in [3.05, 3.63) is 23.2 Å². The zero-order valence-electron chi connectivity index (χ0n) is 13.9. The number of nitrogens with zero attached hydrogens (tertiary/aromatic N) is 1. The minimum atomic E-state index is -3.35. The van der Waals surface area contributed by atoms with E-state index in [2.05, 4.69) is 5.32 Å². The van der Waals surface area contributed by atoms with Crippen molar-refractivity contribution in [2.75, 3.05) is 24.7 Å². The molecule has 1 N–H and O–H groups in total. The molecule has 2 rings (SSSR count). The van der Waals surface area contributed by atoms with Crippen LogP contribution in [0, 0.1) is 0 Å². The van der Waals surface area contributed by atoms with Gasteiger partial charge in [-0.15, -0.1) is 0 Å². The zero-order valence-corrected chi connectivity index (χ0v) is 15.5. The monoisotopic (exact) mass is 374 g/mol. The molecule has 1 saturated heterocycles. The second-order valence-electron chi connectivity index (χ2n) is 5.78. The molecule has 1 aliphatic rings. The Morgan fingerprint density at radius 3 is 2.79 bits per heavy atom. The van der Waals surface area contributed by atoms with Gasteiger partial charge in [-0.1, -0.05) is 31.4 Å². The molecule has 1 amide bonds. The number of carbonyl (C=O) groups excluding carboxylic acids is 1. The first-order valence-corrected chi connectivity index (χ1v) is 10.0. The standard InChI is InChI=1S/C16H23ClN2O4S/c1-3-4-6-14(19-9-5-10-24(19,21)22)16(20)18-12-7-8-13(17)15(11-12)23-2/h7-8,11,14H,3-6,9-10H2,1-2H3,(H,18,20)/t14-/m0/s1. The van der Waals surface area contributed by atoms with Crippen LogP contribution >= 0.6 is 11.6 Å².